The molecule has 0 heterocycles. The Labute approximate surface area is 169 Å². The third-order valence-corrected chi connectivity index (χ3v) is 7.50. The van der Waals surface area contributed by atoms with Gasteiger partial charge in [0, 0.05) is 19.2 Å². The van der Waals surface area contributed by atoms with E-state index in [1.807, 2.05) is 0 Å². The number of sulfonamides is 1. The van der Waals surface area contributed by atoms with E-state index in [1.54, 1.807) is 62.8 Å². The van der Waals surface area contributed by atoms with Crippen LogP contribution in [0, 0.1) is 0 Å². The van der Waals surface area contributed by atoms with E-state index in [0.717, 1.165) is 11.1 Å². The lowest BCUT2D eigenvalue weighted by Crippen LogP contribution is -2.38. The number of hydrogen-bond donors (Lipinski definition) is 0. The summed E-state index contributed by atoms with van der Waals surface area (Å²) in [6.07, 6.45) is -1.01. The van der Waals surface area contributed by atoms with Crippen LogP contribution in [0.1, 0.15) is 24.0 Å². The smallest absolute Gasteiger partial charge is 0.267 e. The van der Waals surface area contributed by atoms with E-state index in [1.165, 1.54) is 4.31 Å². The number of rotatable bonds is 9. The molecule has 29 heavy (non-hydrogen) atoms. The molecule has 0 bridgehead atoms. The molecule has 0 aliphatic heterocycles. The summed E-state index contributed by atoms with van der Waals surface area (Å²) in [5.41, 5.74) is 1.48. The van der Waals surface area contributed by atoms with E-state index in [2.05, 4.69) is 0 Å². The van der Waals surface area contributed by atoms with E-state index >= 15 is 0 Å². The van der Waals surface area contributed by atoms with E-state index < -0.39 is 20.9 Å². The molecule has 8 heteroatoms. The number of benzene rings is 2. The van der Waals surface area contributed by atoms with Crippen molar-refractivity contribution < 1.29 is 26.7 Å². The summed E-state index contributed by atoms with van der Waals surface area (Å²) in [5, 5.41) is 0. The van der Waals surface area contributed by atoms with Crippen molar-refractivity contribution in [3.05, 3.63) is 71.8 Å². The highest BCUT2D eigenvalue weighted by molar-refractivity contribution is 7.91. The van der Waals surface area contributed by atoms with Gasteiger partial charge in [0.1, 0.15) is 16.2 Å². The number of methoxy groups -OCH3 is 2. The van der Waals surface area contributed by atoms with Gasteiger partial charge in [-0.2, -0.15) is 13.1 Å². The third-order valence-electron chi connectivity index (χ3n) is 5.00. The van der Waals surface area contributed by atoms with Gasteiger partial charge in [-0.15, -0.1) is 0 Å². The minimum Gasteiger partial charge on any atom is -0.497 e. The summed E-state index contributed by atoms with van der Waals surface area (Å²) in [6.45, 7) is 0.143. The monoisotopic (exact) mass is 423 g/mol. The van der Waals surface area contributed by atoms with Crippen LogP contribution < -0.4 is 9.47 Å². The predicted octanol–water partition coefficient (Wildman–Crippen LogP) is 4.35. The molecule has 0 aromatic heterocycles. The Balaban J connectivity index is 1.92. The van der Waals surface area contributed by atoms with Gasteiger partial charge in [-0.05, 0) is 48.2 Å². The minimum absolute atomic E-state index is 0.0713. The molecule has 156 valence electrons. The Morgan fingerprint density at radius 3 is 1.66 bits per heavy atom. The average molecular weight is 423 g/mol. The van der Waals surface area contributed by atoms with Crippen molar-refractivity contribution in [2.45, 2.75) is 30.7 Å². The molecule has 0 N–H and O–H groups in total. The molecule has 0 saturated heterocycles. The van der Waals surface area contributed by atoms with Crippen molar-refractivity contribution in [2.24, 2.45) is 0 Å². The second-order valence-electron chi connectivity index (χ2n) is 6.97. The van der Waals surface area contributed by atoms with Crippen LogP contribution in [0.4, 0.5) is 8.78 Å². The number of nitrogens with zero attached hydrogens (tertiary/aromatic N) is 1. The molecule has 0 atom stereocenters. The molecule has 3 rings (SSSR count). The van der Waals surface area contributed by atoms with Crippen LogP contribution in [0.3, 0.4) is 0 Å². The molecule has 2 aromatic rings. The molecule has 0 spiro atoms. The van der Waals surface area contributed by atoms with Crippen LogP contribution in [-0.4, -0.2) is 31.7 Å². The van der Waals surface area contributed by atoms with Gasteiger partial charge in [0.15, 0.2) is 0 Å². The summed E-state index contributed by atoms with van der Waals surface area (Å²) >= 11 is 0. The molecular formula is C21H23F2NO4S. The predicted molar refractivity (Wildman–Crippen MR) is 106 cm³/mol. The van der Waals surface area contributed by atoms with Gasteiger partial charge in [-0.3, -0.25) is 0 Å². The molecule has 0 amide bonds. The van der Waals surface area contributed by atoms with Crippen molar-refractivity contribution in [1.82, 2.24) is 4.31 Å². The Morgan fingerprint density at radius 1 is 0.931 bits per heavy atom. The summed E-state index contributed by atoms with van der Waals surface area (Å²) in [6, 6.07) is 14.0. The van der Waals surface area contributed by atoms with Crippen molar-refractivity contribution in [1.29, 1.82) is 0 Å². The van der Waals surface area contributed by atoms with Crippen LogP contribution in [0.2, 0.25) is 0 Å². The lowest BCUT2D eigenvalue weighted by molar-refractivity contribution is 0.388. The van der Waals surface area contributed by atoms with Gasteiger partial charge in [-0.1, -0.05) is 24.3 Å². The number of ether oxygens (including phenoxy) is 2. The van der Waals surface area contributed by atoms with E-state index in [-0.39, 0.29) is 25.9 Å². The quantitative estimate of drug-likeness (QED) is 0.602. The second-order valence-corrected chi connectivity index (χ2v) is 9.25. The number of hydrogen-bond acceptors (Lipinski definition) is 4. The zero-order chi connectivity index (χ0) is 21.1. The Bertz CT molecular complexity index is 915. The summed E-state index contributed by atoms with van der Waals surface area (Å²) < 4.78 is 62.5. The van der Waals surface area contributed by atoms with E-state index in [4.69, 9.17) is 9.47 Å². The first-order valence-electron chi connectivity index (χ1n) is 9.09. The summed E-state index contributed by atoms with van der Waals surface area (Å²) in [4.78, 5) is 0. The highest BCUT2D eigenvalue weighted by atomic mass is 32.2. The lowest BCUT2D eigenvalue weighted by atomic mass is 10.2. The van der Waals surface area contributed by atoms with Gasteiger partial charge in [0.25, 0.3) is 6.08 Å². The Morgan fingerprint density at radius 2 is 1.34 bits per heavy atom. The molecule has 2 aromatic carbocycles. The molecule has 0 radical (unpaired) electrons. The first-order valence-corrected chi connectivity index (χ1v) is 10.5. The fourth-order valence-electron chi connectivity index (χ4n) is 3.15. The SMILES string of the molecule is COc1ccc(CN(Cc2ccc(OC)cc2)S(=O)(=O)C2(C=C(F)F)CC2)cc1. The van der Waals surface area contributed by atoms with E-state index in [9.17, 15) is 17.2 Å². The maximum Gasteiger partial charge on any atom is 0.267 e. The van der Waals surface area contributed by atoms with Crippen LogP contribution in [-0.2, 0) is 23.1 Å². The highest BCUT2D eigenvalue weighted by Gasteiger charge is 2.56. The normalized spacial score (nSPS) is 15.1. The van der Waals surface area contributed by atoms with Gasteiger partial charge < -0.3 is 9.47 Å². The van der Waals surface area contributed by atoms with Crippen LogP contribution >= 0.6 is 0 Å². The maximum atomic E-state index is 13.3. The first kappa shape index (κ1) is 21.3. The van der Waals surface area contributed by atoms with Crippen molar-refractivity contribution in [3.8, 4) is 11.5 Å². The van der Waals surface area contributed by atoms with Gasteiger partial charge in [0.2, 0.25) is 10.0 Å². The molecule has 0 unspecified atom stereocenters. The second kappa shape index (κ2) is 8.51. The van der Waals surface area contributed by atoms with E-state index in [0.29, 0.717) is 17.6 Å². The minimum atomic E-state index is -4.00. The van der Waals surface area contributed by atoms with Crippen molar-refractivity contribution >= 4 is 10.0 Å². The Kier molecular flexibility index (Phi) is 6.24. The van der Waals surface area contributed by atoms with Crippen LogP contribution in [0.5, 0.6) is 11.5 Å². The fourth-order valence-corrected chi connectivity index (χ4v) is 5.16. The van der Waals surface area contributed by atoms with Crippen molar-refractivity contribution in [3.63, 3.8) is 0 Å². The zero-order valence-electron chi connectivity index (χ0n) is 16.3. The van der Waals surface area contributed by atoms with Crippen LogP contribution in [0.15, 0.2) is 60.7 Å². The zero-order valence-corrected chi connectivity index (χ0v) is 17.1. The average Bonchev–Trinajstić information content (AvgIpc) is 3.49. The lowest BCUT2D eigenvalue weighted by Gasteiger charge is -2.26. The Hall–Kier alpha value is -2.45. The largest absolute Gasteiger partial charge is 0.497 e. The van der Waals surface area contributed by atoms with Gasteiger partial charge in [-0.25, -0.2) is 8.42 Å². The topological polar surface area (TPSA) is 55.8 Å². The molecular weight excluding hydrogens is 400 g/mol. The highest BCUT2D eigenvalue weighted by Crippen LogP contribution is 2.48. The van der Waals surface area contributed by atoms with Crippen molar-refractivity contribution in [2.75, 3.05) is 14.2 Å². The van der Waals surface area contributed by atoms with Gasteiger partial charge in [0.05, 0.1) is 14.2 Å². The first-order chi connectivity index (χ1) is 13.8. The molecule has 1 fully saturated rings. The van der Waals surface area contributed by atoms with Gasteiger partial charge >= 0.3 is 0 Å². The molecule has 5 nitrogen and oxygen atoms in total. The molecule has 1 saturated carbocycles. The summed E-state index contributed by atoms with van der Waals surface area (Å²) in [5.74, 6) is 1.30. The maximum absolute atomic E-state index is 13.3. The van der Waals surface area contributed by atoms with Crippen LogP contribution in [0.25, 0.3) is 0 Å². The number of halogens is 2. The molecule has 1 aliphatic carbocycles. The molecule has 1 aliphatic rings. The fraction of sp³-hybridized carbons (Fsp3) is 0.333. The third kappa shape index (κ3) is 4.76. The summed E-state index contributed by atoms with van der Waals surface area (Å²) in [7, 11) is -0.906. The standard InChI is InChI=1S/C21H23F2NO4S/c1-27-18-7-3-16(4-8-18)14-24(15-17-5-9-19(28-2)10-6-17)29(25,26)21(11-12-21)13-20(22)23/h3-10,13H,11-12,14-15H2,1-2H3.